The lowest BCUT2D eigenvalue weighted by molar-refractivity contribution is 0.0735. The molecule has 0 N–H and O–H groups in total. The predicted octanol–water partition coefficient (Wildman–Crippen LogP) is 3.57. The summed E-state index contributed by atoms with van der Waals surface area (Å²) < 4.78 is 11.4. The van der Waals surface area contributed by atoms with E-state index in [4.69, 9.17) is 9.15 Å². The van der Waals surface area contributed by atoms with Gasteiger partial charge in [-0.2, -0.15) is 0 Å². The Balaban J connectivity index is 1.53. The Hall–Kier alpha value is -3.06. The van der Waals surface area contributed by atoms with Crippen molar-refractivity contribution in [3.05, 3.63) is 59.9 Å². The van der Waals surface area contributed by atoms with Gasteiger partial charge in [0.05, 0.1) is 21.3 Å². The van der Waals surface area contributed by atoms with Crippen molar-refractivity contribution in [3.63, 3.8) is 0 Å². The van der Waals surface area contributed by atoms with E-state index in [9.17, 15) is 4.79 Å². The summed E-state index contributed by atoms with van der Waals surface area (Å²) in [6.45, 7) is 0. The molecule has 0 fully saturated rings. The third kappa shape index (κ3) is 2.69. The summed E-state index contributed by atoms with van der Waals surface area (Å²) in [5.41, 5.74) is 3.86. The molecule has 2 aromatic heterocycles. The molecule has 23 heavy (non-hydrogen) atoms. The van der Waals surface area contributed by atoms with Gasteiger partial charge in [-0.15, -0.1) is 21.5 Å². The lowest BCUT2D eigenvalue weighted by Crippen LogP contribution is -2.08. The van der Waals surface area contributed by atoms with E-state index in [0.29, 0.717) is 17.2 Å². The molecule has 0 saturated carbocycles. The SMILES string of the molecule is O=C(Oc1ccc(-c2nnco2)cc1)c1ccc2ncsc2c1. The Morgan fingerprint density at radius 3 is 2.78 bits per heavy atom. The molecular formula is C16H9N3O3S. The van der Waals surface area contributed by atoms with Gasteiger partial charge >= 0.3 is 5.97 Å². The van der Waals surface area contributed by atoms with E-state index in [1.54, 1.807) is 48.0 Å². The summed E-state index contributed by atoms with van der Waals surface area (Å²) in [6, 6.07) is 12.2. The number of ether oxygens (including phenoxy) is 1. The molecule has 0 bridgehead atoms. The fourth-order valence-corrected chi connectivity index (χ4v) is 2.83. The zero-order valence-electron chi connectivity index (χ0n) is 11.7. The highest BCUT2D eigenvalue weighted by Crippen LogP contribution is 2.22. The monoisotopic (exact) mass is 323 g/mol. The van der Waals surface area contributed by atoms with E-state index in [1.165, 1.54) is 17.7 Å². The first-order chi connectivity index (χ1) is 11.3. The summed E-state index contributed by atoms with van der Waals surface area (Å²) in [5.74, 6) is 0.451. The Morgan fingerprint density at radius 2 is 2.00 bits per heavy atom. The number of benzene rings is 2. The Morgan fingerprint density at radius 1 is 1.13 bits per heavy atom. The van der Waals surface area contributed by atoms with Gasteiger partial charge in [0.15, 0.2) is 0 Å². The van der Waals surface area contributed by atoms with Crippen LogP contribution in [0.15, 0.2) is 58.8 Å². The fourth-order valence-electron chi connectivity index (χ4n) is 2.11. The van der Waals surface area contributed by atoms with Crippen molar-refractivity contribution in [3.8, 4) is 17.2 Å². The second-order valence-corrected chi connectivity index (χ2v) is 5.58. The molecule has 2 heterocycles. The van der Waals surface area contributed by atoms with Crippen LogP contribution < -0.4 is 4.74 Å². The van der Waals surface area contributed by atoms with Crippen molar-refractivity contribution in [1.29, 1.82) is 0 Å². The van der Waals surface area contributed by atoms with Gasteiger partial charge in [-0.05, 0) is 42.5 Å². The summed E-state index contributed by atoms with van der Waals surface area (Å²) in [7, 11) is 0. The van der Waals surface area contributed by atoms with E-state index in [2.05, 4.69) is 15.2 Å². The summed E-state index contributed by atoms with van der Waals surface area (Å²) in [6.07, 6.45) is 1.26. The number of nitrogens with zero attached hydrogens (tertiary/aromatic N) is 3. The molecule has 6 nitrogen and oxygen atoms in total. The molecule has 0 aliphatic rings. The molecule has 4 rings (SSSR count). The Kier molecular flexibility index (Phi) is 3.32. The van der Waals surface area contributed by atoms with Crippen LogP contribution in [0.25, 0.3) is 21.7 Å². The van der Waals surface area contributed by atoms with Gasteiger partial charge in [-0.3, -0.25) is 0 Å². The number of carbonyl (C=O) groups is 1. The second-order valence-electron chi connectivity index (χ2n) is 4.69. The second kappa shape index (κ2) is 5.62. The number of hydrogen-bond acceptors (Lipinski definition) is 7. The highest BCUT2D eigenvalue weighted by molar-refractivity contribution is 7.16. The molecule has 0 spiro atoms. The van der Waals surface area contributed by atoms with Crippen LogP contribution in [0.2, 0.25) is 0 Å². The lowest BCUT2D eigenvalue weighted by atomic mass is 10.2. The van der Waals surface area contributed by atoms with E-state index in [-0.39, 0.29) is 0 Å². The quantitative estimate of drug-likeness (QED) is 0.424. The highest BCUT2D eigenvalue weighted by Gasteiger charge is 2.11. The normalized spacial score (nSPS) is 10.8. The highest BCUT2D eigenvalue weighted by atomic mass is 32.1. The maximum Gasteiger partial charge on any atom is 0.343 e. The zero-order valence-corrected chi connectivity index (χ0v) is 12.5. The predicted molar refractivity (Wildman–Crippen MR) is 84.3 cm³/mol. The number of hydrogen-bond donors (Lipinski definition) is 0. The molecule has 4 aromatic rings. The summed E-state index contributed by atoms with van der Waals surface area (Å²) in [5, 5.41) is 7.44. The largest absolute Gasteiger partial charge is 0.423 e. The van der Waals surface area contributed by atoms with Crippen LogP contribution in [-0.4, -0.2) is 21.2 Å². The minimum Gasteiger partial charge on any atom is -0.423 e. The summed E-state index contributed by atoms with van der Waals surface area (Å²) in [4.78, 5) is 16.4. The molecule has 0 radical (unpaired) electrons. The standard InChI is InChI=1S/C16H9N3O3S/c20-16(11-3-6-13-14(7-11)23-9-17-13)22-12-4-1-10(2-5-12)15-19-18-8-21-15/h1-9H. The Bertz CT molecular complexity index is 962. The van der Waals surface area contributed by atoms with Crippen molar-refractivity contribution in [2.75, 3.05) is 0 Å². The minimum absolute atomic E-state index is 0.411. The van der Waals surface area contributed by atoms with Gasteiger partial charge in [0.1, 0.15) is 5.75 Å². The number of thiazole rings is 1. The smallest absolute Gasteiger partial charge is 0.343 e. The van der Waals surface area contributed by atoms with Crippen LogP contribution in [0, 0.1) is 0 Å². The first-order valence-corrected chi connectivity index (χ1v) is 7.59. The van der Waals surface area contributed by atoms with Gasteiger partial charge in [-0.25, -0.2) is 9.78 Å². The maximum absolute atomic E-state index is 12.2. The molecule has 0 atom stereocenters. The fraction of sp³-hybridized carbons (Fsp3) is 0. The topological polar surface area (TPSA) is 78.1 Å². The number of fused-ring (bicyclic) bond motifs is 1. The number of aromatic nitrogens is 3. The van der Waals surface area contributed by atoms with Gasteiger partial charge < -0.3 is 9.15 Å². The average Bonchev–Trinajstić information content (AvgIpc) is 3.26. The molecule has 0 aliphatic heterocycles. The van der Waals surface area contributed by atoms with Crippen molar-refractivity contribution < 1.29 is 13.9 Å². The van der Waals surface area contributed by atoms with Gasteiger partial charge in [-0.1, -0.05) is 0 Å². The van der Waals surface area contributed by atoms with Crippen molar-refractivity contribution in [2.24, 2.45) is 0 Å². The zero-order chi connectivity index (χ0) is 15.6. The van der Waals surface area contributed by atoms with Crippen molar-refractivity contribution in [2.45, 2.75) is 0 Å². The third-order valence-electron chi connectivity index (χ3n) is 3.24. The van der Waals surface area contributed by atoms with Crippen LogP contribution in [0.3, 0.4) is 0 Å². The minimum atomic E-state index is -0.411. The molecule has 0 saturated heterocycles. The first-order valence-electron chi connectivity index (χ1n) is 6.72. The van der Waals surface area contributed by atoms with E-state index < -0.39 is 5.97 Å². The van der Waals surface area contributed by atoms with Gasteiger partial charge in [0, 0.05) is 5.56 Å². The average molecular weight is 323 g/mol. The molecule has 0 amide bonds. The third-order valence-corrected chi connectivity index (χ3v) is 4.03. The van der Waals surface area contributed by atoms with Crippen LogP contribution in [-0.2, 0) is 0 Å². The van der Waals surface area contributed by atoms with Crippen molar-refractivity contribution in [1.82, 2.24) is 15.2 Å². The molecule has 0 aliphatic carbocycles. The molecule has 0 unspecified atom stereocenters. The molecular weight excluding hydrogens is 314 g/mol. The van der Waals surface area contributed by atoms with Gasteiger partial charge in [0.2, 0.25) is 12.3 Å². The summed E-state index contributed by atoms with van der Waals surface area (Å²) >= 11 is 1.48. The maximum atomic E-state index is 12.2. The van der Waals surface area contributed by atoms with Crippen LogP contribution in [0.4, 0.5) is 0 Å². The molecule has 7 heteroatoms. The van der Waals surface area contributed by atoms with Crippen molar-refractivity contribution >= 4 is 27.5 Å². The van der Waals surface area contributed by atoms with Crippen LogP contribution in [0.5, 0.6) is 5.75 Å². The number of carbonyl (C=O) groups excluding carboxylic acids is 1. The Labute approximate surface area is 134 Å². The first kappa shape index (κ1) is 13.6. The van der Waals surface area contributed by atoms with E-state index in [1.807, 2.05) is 0 Å². The van der Waals surface area contributed by atoms with Gasteiger partial charge in [0.25, 0.3) is 0 Å². The molecule has 112 valence electrons. The number of rotatable bonds is 3. The van der Waals surface area contributed by atoms with Crippen LogP contribution >= 0.6 is 11.3 Å². The van der Waals surface area contributed by atoms with E-state index in [0.717, 1.165) is 15.8 Å². The van der Waals surface area contributed by atoms with Crippen LogP contribution in [0.1, 0.15) is 10.4 Å². The number of esters is 1. The lowest BCUT2D eigenvalue weighted by Gasteiger charge is -2.04. The van der Waals surface area contributed by atoms with E-state index >= 15 is 0 Å². The molecule has 2 aromatic carbocycles.